The second-order valence-corrected chi connectivity index (χ2v) is 9.67. The molecule has 3 heterocycles. The van der Waals surface area contributed by atoms with Crippen molar-refractivity contribution < 1.29 is 4.39 Å². The number of allylic oxidation sites excluding steroid dienone is 1. The zero-order valence-corrected chi connectivity index (χ0v) is 19.9. The average Bonchev–Trinajstić information content (AvgIpc) is 2.79. The number of likely N-dealkylation sites (N-methyl/N-ethyl adjacent to an activating group) is 1. The van der Waals surface area contributed by atoms with Crippen LogP contribution in [0.1, 0.15) is 18.1 Å². The maximum atomic E-state index is 14.6. The molecule has 0 atom stereocenters. The Bertz CT molecular complexity index is 1230. The van der Waals surface area contributed by atoms with Gasteiger partial charge in [0.1, 0.15) is 17.5 Å². The largest absolute Gasteiger partial charge is 0.354 e. The van der Waals surface area contributed by atoms with Gasteiger partial charge in [-0.3, -0.25) is 0 Å². The van der Waals surface area contributed by atoms with E-state index in [1.54, 1.807) is 12.3 Å². The van der Waals surface area contributed by atoms with Crippen molar-refractivity contribution in [3.63, 3.8) is 0 Å². The molecular formula is C26H28FN5S. The fraction of sp³-hybridized carbons (Fsp3) is 0.231. The summed E-state index contributed by atoms with van der Waals surface area (Å²) >= 11 is 1.37. The molecule has 1 aliphatic rings. The minimum absolute atomic E-state index is 0.318. The zero-order chi connectivity index (χ0) is 23.5. The van der Waals surface area contributed by atoms with Crippen LogP contribution in [0.4, 0.5) is 16.0 Å². The van der Waals surface area contributed by atoms with E-state index in [0.717, 1.165) is 58.9 Å². The lowest BCUT2D eigenvalue weighted by atomic mass is 10.1. The van der Waals surface area contributed by atoms with Gasteiger partial charge in [-0.1, -0.05) is 31.5 Å². The van der Waals surface area contributed by atoms with Gasteiger partial charge >= 0.3 is 0 Å². The van der Waals surface area contributed by atoms with Gasteiger partial charge in [-0.25, -0.2) is 14.4 Å². The van der Waals surface area contributed by atoms with Crippen molar-refractivity contribution in [1.29, 1.82) is 0 Å². The van der Waals surface area contributed by atoms with Crippen molar-refractivity contribution in [3.8, 4) is 0 Å². The van der Waals surface area contributed by atoms with Gasteiger partial charge < -0.3 is 15.1 Å². The third-order valence-corrected chi connectivity index (χ3v) is 6.42. The molecule has 0 amide bonds. The quantitative estimate of drug-likeness (QED) is 0.477. The average molecular weight is 462 g/mol. The Labute approximate surface area is 198 Å². The third kappa shape index (κ3) is 5.43. The monoisotopic (exact) mass is 461 g/mol. The highest BCUT2D eigenvalue weighted by atomic mass is 32.2. The van der Waals surface area contributed by atoms with Crippen LogP contribution in [0.25, 0.3) is 21.4 Å². The number of halogens is 1. The van der Waals surface area contributed by atoms with E-state index >= 15 is 0 Å². The highest BCUT2D eigenvalue weighted by molar-refractivity contribution is 8.11. The molecule has 1 N–H and O–H groups in total. The van der Waals surface area contributed by atoms with E-state index in [-0.39, 0.29) is 5.82 Å². The Hall–Kier alpha value is -3.16. The van der Waals surface area contributed by atoms with Crippen molar-refractivity contribution in [2.75, 3.05) is 43.4 Å². The maximum Gasteiger partial charge on any atom is 0.132 e. The van der Waals surface area contributed by atoms with Gasteiger partial charge in [0.25, 0.3) is 0 Å². The predicted molar refractivity (Wildman–Crippen MR) is 140 cm³/mol. The van der Waals surface area contributed by atoms with Gasteiger partial charge in [-0.15, -0.1) is 0 Å². The number of nitrogens with zero attached hydrogens (tertiary/aromatic N) is 4. The third-order valence-electron chi connectivity index (χ3n) is 5.61. The smallest absolute Gasteiger partial charge is 0.132 e. The molecule has 2 aromatic heterocycles. The molecule has 170 valence electrons. The van der Waals surface area contributed by atoms with Gasteiger partial charge in [-0.05, 0) is 54.6 Å². The molecule has 0 saturated carbocycles. The van der Waals surface area contributed by atoms with Gasteiger partial charge in [0, 0.05) is 65.7 Å². The molecule has 1 fully saturated rings. The fourth-order valence-electron chi connectivity index (χ4n) is 3.75. The maximum absolute atomic E-state index is 14.6. The van der Waals surface area contributed by atoms with Crippen molar-refractivity contribution in [3.05, 3.63) is 84.3 Å². The summed E-state index contributed by atoms with van der Waals surface area (Å²) in [6.45, 7) is 17.9. The lowest BCUT2D eigenvalue weighted by Crippen LogP contribution is -2.44. The first-order valence-electron chi connectivity index (χ1n) is 10.8. The topological polar surface area (TPSA) is 44.3 Å². The minimum Gasteiger partial charge on any atom is -0.354 e. The van der Waals surface area contributed by atoms with Crippen LogP contribution in [0.15, 0.2) is 67.4 Å². The molecule has 33 heavy (non-hydrogen) atoms. The summed E-state index contributed by atoms with van der Waals surface area (Å²) < 4.78 is 14.6. The number of piperazine rings is 1. The van der Waals surface area contributed by atoms with Crippen molar-refractivity contribution in [1.82, 2.24) is 14.9 Å². The van der Waals surface area contributed by atoms with E-state index in [1.165, 1.54) is 17.8 Å². The molecule has 5 nitrogen and oxygen atoms in total. The van der Waals surface area contributed by atoms with E-state index in [0.29, 0.717) is 16.3 Å². The summed E-state index contributed by atoms with van der Waals surface area (Å²) in [6.07, 6.45) is 3.47. The molecule has 0 aliphatic carbocycles. The summed E-state index contributed by atoms with van der Waals surface area (Å²) in [7, 11) is 2.13. The first kappa shape index (κ1) is 23.0. The molecule has 7 heteroatoms. The second-order valence-electron chi connectivity index (χ2n) is 8.27. The van der Waals surface area contributed by atoms with Crippen LogP contribution in [0.2, 0.25) is 0 Å². The van der Waals surface area contributed by atoms with Crippen LogP contribution in [0.3, 0.4) is 0 Å². The van der Waals surface area contributed by atoms with Crippen LogP contribution in [0, 0.1) is 5.82 Å². The predicted octanol–water partition coefficient (Wildman–Crippen LogP) is 5.84. The van der Waals surface area contributed by atoms with Crippen LogP contribution in [-0.4, -0.2) is 48.1 Å². The Morgan fingerprint density at radius 2 is 1.79 bits per heavy atom. The van der Waals surface area contributed by atoms with Gasteiger partial charge in [0.15, 0.2) is 0 Å². The first-order valence-corrected chi connectivity index (χ1v) is 11.6. The minimum atomic E-state index is -0.318. The SMILES string of the molecule is C=C(C)SC(=C)c1cc2cc(NC(=C)c3ccnc(N4CCN(C)CC4)c3)ncc2cc1F. The Kier molecular flexibility index (Phi) is 6.81. The molecule has 0 unspecified atom stereocenters. The molecular weight excluding hydrogens is 433 g/mol. The zero-order valence-electron chi connectivity index (χ0n) is 19.1. The Morgan fingerprint density at radius 3 is 2.52 bits per heavy atom. The number of rotatable bonds is 7. The van der Waals surface area contributed by atoms with E-state index in [2.05, 4.69) is 51.9 Å². The van der Waals surface area contributed by atoms with Crippen LogP contribution in [-0.2, 0) is 0 Å². The molecule has 1 aliphatic heterocycles. The molecule has 0 radical (unpaired) electrons. The normalized spacial score (nSPS) is 14.3. The fourth-order valence-corrected chi connectivity index (χ4v) is 4.44. The number of aromatic nitrogens is 2. The number of pyridine rings is 2. The molecule has 1 aromatic carbocycles. The second kappa shape index (κ2) is 9.77. The number of nitrogens with one attached hydrogen (secondary N) is 1. The molecule has 0 spiro atoms. The van der Waals surface area contributed by atoms with E-state index in [4.69, 9.17) is 0 Å². The van der Waals surface area contributed by atoms with Crippen molar-refractivity contribution >= 4 is 44.8 Å². The highest BCUT2D eigenvalue weighted by Crippen LogP contribution is 2.34. The standard InChI is InChI=1S/C26H28FN5S/c1-17(2)33-19(4)23-12-21-14-25(29-16-22(21)13-24(23)27)30-18(3)20-6-7-28-26(15-20)32-10-8-31(5)9-11-32/h6-7,12-16H,1,3-4,8-11H2,2,5H3,(H,29,30). The molecule has 4 rings (SSSR count). The van der Waals surface area contributed by atoms with E-state index in [1.807, 2.05) is 31.3 Å². The number of anilines is 2. The number of fused-ring (bicyclic) bond motifs is 1. The van der Waals surface area contributed by atoms with Crippen molar-refractivity contribution in [2.45, 2.75) is 6.92 Å². The molecule has 0 bridgehead atoms. The lowest BCUT2D eigenvalue weighted by Gasteiger charge is -2.33. The molecule has 1 saturated heterocycles. The Morgan fingerprint density at radius 1 is 1.03 bits per heavy atom. The van der Waals surface area contributed by atoms with E-state index in [9.17, 15) is 4.39 Å². The van der Waals surface area contributed by atoms with Crippen LogP contribution in [0.5, 0.6) is 0 Å². The highest BCUT2D eigenvalue weighted by Gasteiger charge is 2.16. The van der Waals surface area contributed by atoms with Crippen LogP contribution >= 0.6 is 11.8 Å². The number of benzene rings is 1. The number of thioether (sulfide) groups is 1. The lowest BCUT2D eigenvalue weighted by molar-refractivity contribution is 0.312. The summed E-state index contributed by atoms with van der Waals surface area (Å²) in [5.74, 6) is 1.27. The number of hydrogen-bond acceptors (Lipinski definition) is 6. The summed E-state index contributed by atoms with van der Waals surface area (Å²) in [6, 6.07) is 9.17. The van der Waals surface area contributed by atoms with E-state index < -0.39 is 0 Å². The Balaban J connectivity index is 1.54. The summed E-state index contributed by atoms with van der Waals surface area (Å²) in [5, 5.41) is 4.88. The van der Waals surface area contributed by atoms with Gasteiger partial charge in [0.2, 0.25) is 0 Å². The van der Waals surface area contributed by atoms with Crippen LogP contribution < -0.4 is 10.2 Å². The van der Waals surface area contributed by atoms with Gasteiger partial charge in [-0.2, -0.15) is 0 Å². The first-order chi connectivity index (χ1) is 15.8. The summed E-state index contributed by atoms with van der Waals surface area (Å²) in [4.78, 5) is 15.1. The van der Waals surface area contributed by atoms with Gasteiger partial charge in [0.05, 0.1) is 0 Å². The van der Waals surface area contributed by atoms with Crippen molar-refractivity contribution in [2.24, 2.45) is 0 Å². The number of hydrogen-bond donors (Lipinski definition) is 1. The molecule has 3 aromatic rings. The summed E-state index contributed by atoms with van der Waals surface area (Å²) in [5.41, 5.74) is 2.15.